The molecule has 4 aliphatic carbocycles. The van der Waals surface area contributed by atoms with E-state index in [1.807, 2.05) is 27.7 Å². The van der Waals surface area contributed by atoms with E-state index in [2.05, 4.69) is 0 Å². The minimum atomic E-state index is -0.962. The van der Waals surface area contributed by atoms with Crippen molar-refractivity contribution in [2.75, 3.05) is 6.61 Å². The summed E-state index contributed by atoms with van der Waals surface area (Å²) >= 11 is 0. The summed E-state index contributed by atoms with van der Waals surface area (Å²) in [7, 11) is 0. The molecule has 5 rings (SSSR count). The van der Waals surface area contributed by atoms with Crippen LogP contribution in [0, 0.1) is 46.8 Å². The first-order valence-corrected chi connectivity index (χ1v) is 15.1. The minimum absolute atomic E-state index is 0.0727. The first kappa shape index (κ1) is 29.0. The molecular formula is C31H48O8. The molecule has 0 radical (unpaired) electrons. The molecule has 5 fully saturated rings. The molecule has 220 valence electrons. The number of aliphatic hydroxyl groups excluding tert-OH is 2. The van der Waals surface area contributed by atoms with Crippen molar-refractivity contribution in [1.29, 1.82) is 0 Å². The van der Waals surface area contributed by atoms with Crippen LogP contribution in [0.1, 0.15) is 92.9 Å². The number of ether oxygens (including phenoxy) is 3. The van der Waals surface area contributed by atoms with Gasteiger partial charge in [0.25, 0.3) is 0 Å². The van der Waals surface area contributed by atoms with Crippen LogP contribution >= 0.6 is 0 Å². The van der Waals surface area contributed by atoms with Crippen molar-refractivity contribution < 1.29 is 38.8 Å². The van der Waals surface area contributed by atoms with Crippen LogP contribution in [-0.2, 0) is 28.6 Å². The van der Waals surface area contributed by atoms with E-state index in [1.54, 1.807) is 0 Å². The standard InChI is InChI=1S/C31H48O8/c1-16(17(2)29(5,6)38-19(4)34)27(37-18(3)33)28-31(39-28)26(36)14-25-24-9-7-20-13-21(35)8-10-22(20)23(24)11-12-30(25,31)15-32/h16-17,20,22-28,32,36H,7-15H2,1-6H3. The Morgan fingerprint density at radius 3 is 2.44 bits per heavy atom. The number of rotatable bonds is 7. The summed E-state index contributed by atoms with van der Waals surface area (Å²) in [5, 5.41) is 22.7. The summed E-state index contributed by atoms with van der Waals surface area (Å²) in [4.78, 5) is 36.2. The highest BCUT2D eigenvalue weighted by atomic mass is 16.7. The van der Waals surface area contributed by atoms with Crippen molar-refractivity contribution >= 4 is 17.7 Å². The number of Topliss-reactive ketones (excluding diaryl/α,β-unsaturated/α-hetero) is 1. The van der Waals surface area contributed by atoms with Crippen molar-refractivity contribution in [2.24, 2.45) is 46.8 Å². The van der Waals surface area contributed by atoms with Gasteiger partial charge in [0.05, 0.1) is 12.7 Å². The van der Waals surface area contributed by atoms with E-state index < -0.39 is 40.9 Å². The Hall–Kier alpha value is -1.51. The van der Waals surface area contributed by atoms with Gasteiger partial charge in [0, 0.05) is 43.9 Å². The lowest BCUT2D eigenvalue weighted by Crippen LogP contribution is -2.56. The molecule has 12 unspecified atom stereocenters. The van der Waals surface area contributed by atoms with Gasteiger partial charge >= 0.3 is 11.9 Å². The molecule has 8 nitrogen and oxygen atoms in total. The van der Waals surface area contributed by atoms with Gasteiger partial charge in [-0.25, -0.2) is 0 Å². The molecule has 1 saturated heterocycles. The molecule has 5 aliphatic rings. The number of hydrogen-bond acceptors (Lipinski definition) is 8. The number of fused-ring (bicyclic) bond motifs is 6. The number of carbonyl (C=O) groups excluding carboxylic acids is 3. The molecule has 0 amide bonds. The molecule has 39 heavy (non-hydrogen) atoms. The second-order valence-corrected chi connectivity index (χ2v) is 14.1. The van der Waals surface area contributed by atoms with E-state index in [4.69, 9.17) is 14.2 Å². The predicted octanol–water partition coefficient (Wildman–Crippen LogP) is 3.83. The van der Waals surface area contributed by atoms with E-state index in [9.17, 15) is 24.6 Å². The van der Waals surface area contributed by atoms with E-state index in [-0.39, 0.29) is 30.3 Å². The maximum absolute atomic E-state index is 12.3. The summed E-state index contributed by atoms with van der Waals surface area (Å²) in [6.07, 6.45) is 4.78. The fraction of sp³-hybridized carbons (Fsp3) is 0.903. The van der Waals surface area contributed by atoms with Gasteiger partial charge in [-0.2, -0.15) is 0 Å². The Kier molecular flexibility index (Phi) is 7.50. The van der Waals surface area contributed by atoms with Crippen molar-refractivity contribution in [3.05, 3.63) is 0 Å². The maximum Gasteiger partial charge on any atom is 0.303 e. The van der Waals surface area contributed by atoms with Crippen molar-refractivity contribution in [3.8, 4) is 0 Å². The lowest BCUT2D eigenvalue weighted by atomic mass is 9.49. The summed E-state index contributed by atoms with van der Waals surface area (Å²) in [5.74, 6) is 1.28. The van der Waals surface area contributed by atoms with Gasteiger partial charge in [0.2, 0.25) is 0 Å². The zero-order chi connectivity index (χ0) is 28.5. The summed E-state index contributed by atoms with van der Waals surface area (Å²) < 4.78 is 18.1. The van der Waals surface area contributed by atoms with Crippen LogP contribution in [0.15, 0.2) is 0 Å². The molecule has 0 aromatic carbocycles. The van der Waals surface area contributed by atoms with Crippen molar-refractivity contribution in [2.45, 2.75) is 122 Å². The molecule has 1 heterocycles. The van der Waals surface area contributed by atoms with E-state index in [0.29, 0.717) is 48.7 Å². The summed E-state index contributed by atoms with van der Waals surface area (Å²) in [5.41, 5.74) is -2.35. The molecule has 1 spiro atoms. The average Bonchev–Trinajstić information content (AvgIpc) is 3.56. The molecule has 1 aliphatic heterocycles. The molecule has 2 N–H and O–H groups in total. The molecule has 8 heteroatoms. The van der Waals surface area contributed by atoms with Gasteiger partial charge in [-0.05, 0) is 82.0 Å². The van der Waals surface area contributed by atoms with E-state index in [1.165, 1.54) is 13.8 Å². The topological polar surface area (TPSA) is 123 Å². The van der Waals surface area contributed by atoms with Gasteiger partial charge in [0.15, 0.2) is 0 Å². The van der Waals surface area contributed by atoms with Crippen LogP contribution in [-0.4, -0.2) is 64.1 Å². The Labute approximate surface area is 232 Å². The van der Waals surface area contributed by atoms with Crippen molar-refractivity contribution in [3.63, 3.8) is 0 Å². The third kappa shape index (κ3) is 4.47. The van der Waals surface area contributed by atoms with Crippen LogP contribution in [0.4, 0.5) is 0 Å². The fourth-order valence-electron chi connectivity index (χ4n) is 10.0. The zero-order valence-electron chi connectivity index (χ0n) is 24.5. The number of aliphatic hydroxyl groups is 2. The molecule has 0 aromatic heterocycles. The largest absolute Gasteiger partial charge is 0.460 e. The molecule has 4 saturated carbocycles. The van der Waals surface area contributed by atoms with Crippen LogP contribution in [0.2, 0.25) is 0 Å². The second-order valence-electron chi connectivity index (χ2n) is 14.1. The van der Waals surface area contributed by atoms with E-state index >= 15 is 0 Å². The average molecular weight is 549 g/mol. The molecule has 12 atom stereocenters. The van der Waals surface area contributed by atoms with Gasteiger partial charge in [0.1, 0.15) is 29.2 Å². The highest BCUT2D eigenvalue weighted by Crippen LogP contribution is 2.72. The van der Waals surface area contributed by atoms with Crippen LogP contribution in [0.25, 0.3) is 0 Å². The SMILES string of the molecule is CC(=O)OC(C(C)C(C)C(C)(C)OC(C)=O)C1OC12C(O)CC1C3CCC4CC(=O)CCC4C3CCC12CO. The first-order chi connectivity index (χ1) is 18.3. The maximum atomic E-state index is 12.3. The first-order valence-electron chi connectivity index (χ1n) is 15.1. The highest BCUT2D eigenvalue weighted by molar-refractivity contribution is 5.79. The lowest BCUT2D eigenvalue weighted by molar-refractivity contribution is -0.167. The number of epoxide rings is 1. The summed E-state index contributed by atoms with van der Waals surface area (Å²) in [6.45, 7) is 10.4. The summed E-state index contributed by atoms with van der Waals surface area (Å²) in [6, 6.07) is 0. The van der Waals surface area contributed by atoms with E-state index in [0.717, 1.165) is 32.1 Å². The quantitative estimate of drug-likeness (QED) is 0.364. The smallest absolute Gasteiger partial charge is 0.303 e. The monoisotopic (exact) mass is 548 g/mol. The van der Waals surface area contributed by atoms with Gasteiger partial charge in [-0.1, -0.05) is 13.8 Å². The third-order valence-electron chi connectivity index (χ3n) is 12.1. The Bertz CT molecular complexity index is 993. The van der Waals surface area contributed by atoms with Gasteiger partial charge < -0.3 is 24.4 Å². The van der Waals surface area contributed by atoms with Gasteiger partial charge in [-0.15, -0.1) is 0 Å². The van der Waals surface area contributed by atoms with Crippen molar-refractivity contribution in [1.82, 2.24) is 0 Å². The number of hydrogen-bond donors (Lipinski definition) is 2. The number of carbonyl (C=O) groups is 3. The Morgan fingerprint density at radius 1 is 1.08 bits per heavy atom. The predicted molar refractivity (Wildman–Crippen MR) is 142 cm³/mol. The third-order valence-corrected chi connectivity index (χ3v) is 12.1. The Morgan fingerprint density at radius 2 is 1.79 bits per heavy atom. The number of esters is 2. The number of ketones is 1. The zero-order valence-corrected chi connectivity index (χ0v) is 24.5. The van der Waals surface area contributed by atoms with Crippen LogP contribution in [0.3, 0.4) is 0 Å². The van der Waals surface area contributed by atoms with Gasteiger partial charge in [-0.3, -0.25) is 14.4 Å². The fourth-order valence-corrected chi connectivity index (χ4v) is 10.0. The molecular weight excluding hydrogens is 500 g/mol. The Balaban J connectivity index is 1.42. The molecule has 0 bridgehead atoms. The molecule has 0 aromatic rings. The second kappa shape index (κ2) is 10.1. The van der Waals surface area contributed by atoms with Crippen LogP contribution in [0.5, 0.6) is 0 Å². The minimum Gasteiger partial charge on any atom is -0.460 e. The normalized spacial score (nSPS) is 43.5. The highest BCUT2D eigenvalue weighted by Gasteiger charge is 2.81. The van der Waals surface area contributed by atoms with Crippen LogP contribution < -0.4 is 0 Å². The lowest BCUT2D eigenvalue weighted by Gasteiger charge is -2.55.